The number of carbonyl (C=O) groups excluding carboxylic acids is 1. The van der Waals surface area contributed by atoms with Crippen molar-refractivity contribution in [3.05, 3.63) is 35.6 Å². The molecular weight excluding hydrogens is 307 g/mol. The first-order valence-corrected chi connectivity index (χ1v) is 8.93. The molecule has 0 unspecified atom stereocenters. The number of benzene rings is 1. The van der Waals surface area contributed by atoms with Crippen LogP contribution in [0.25, 0.3) is 0 Å². The van der Waals surface area contributed by atoms with Crippen LogP contribution in [0.2, 0.25) is 0 Å². The maximum Gasteiger partial charge on any atom is 0.254 e. The first-order chi connectivity index (χ1) is 11.6. The van der Waals surface area contributed by atoms with Crippen molar-refractivity contribution >= 4 is 5.91 Å². The number of piperidine rings is 2. The molecule has 0 atom stereocenters. The molecule has 2 heterocycles. The summed E-state index contributed by atoms with van der Waals surface area (Å²) in [5.74, 6) is 0.492. The van der Waals surface area contributed by atoms with Crippen LogP contribution in [0, 0.1) is 11.7 Å². The fourth-order valence-corrected chi connectivity index (χ4v) is 3.96. The largest absolute Gasteiger partial charge is 0.368 e. The summed E-state index contributed by atoms with van der Waals surface area (Å²) in [6, 6.07) is 6.85. The summed E-state index contributed by atoms with van der Waals surface area (Å²) in [7, 11) is 1.65. The molecule has 5 heteroatoms. The molecule has 0 spiro atoms. The van der Waals surface area contributed by atoms with Gasteiger partial charge in [0.05, 0.1) is 0 Å². The molecule has 1 amide bonds. The Labute approximate surface area is 143 Å². The molecule has 0 aliphatic carbocycles. The molecule has 2 aliphatic heterocycles. The Morgan fingerprint density at radius 2 is 2.04 bits per heavy atom. The lowest BCUT2D eigenvalue weighted by atomic mass is 9.87. The highest BCUT2D eigenvalue weighted by Gasteiger charge is 2.43. The van der Waals surface area contributed by atoms with Crippen molar-refractivity contribution in [1.29, 1.82) is 0 Å². The van der Waals surface area contributed by atoms with Crippen LogP contribution in [-0.4, -0.2) is 49.7 Å². The number of nitrogens with one attached hydrogen (secondary N) is 1. The molecule has 0 aromatic heterocycles. The Kier molecular flexibility index (Phi) is 5.51. The van der Waals surface area contributed by atoms with E-state index in [1.807, 2.05) is 11.0 Å². The van der Waals surface area contributed by atoms with E-state index in [0.29, 0.717) is 5.92 Å². The van der Waals surface area contributed by atoms with Gasteiger partial charge in [0, 0.05) is 20.2 Å². The predicted octanol–water partition coefficient (Wildman–Crippen LogP) is 2.38. The summed E-state index contributed by atoms with van der Waals surface area (Å²) < 4.78 is 19.0. The second kappa shape index (κ2) is 7.62. The van der Waals surface area contributed by atoms with Crippen LogP contribution in [0.5, 0.6) is 0 Å². The minimum absolute atomic E-state index is 0.149. The highest BCUT2D eigenvalue weighted by atomic mass is 19.1. The molecule has 2 aliphatic rings. The van der Waals surface area contributed by atoms with Crippen molar-refractivity contribution in [2.24, 2.45) is 5.92 Å². The SMILES string of the molecule is COC1(C(=O)N2CCC(Cc3cccc(F)c3)CC2)CCNCC1. The third-order valence-corrected chi connectivity index (χ3v) is 5.51. The maximum absolute atomic E-state index is 13.3. The standard InChI is InChI=1S/C19H27FN2O2/c1-24-19(7-9-21-10-8-19)18(23)22-11-5-15(6-12-22)13-16-3-2-4-17(20)14-16/h2-4,14-15,21H,5-13H2,1H3. The Morgan fingerprint density at radius 3 is 2.67 bits per heavy atom. The van der Waals surface area contributed by atoms with E-state index in [1.54, 1.807) is 19.2 Å². The van der Waals surface area contributed by atoms with Gasteiger partial charge in [0.1, 0.15) is 11.4 Å². The van der Waals surface area contributed by atoms with Gasteiger partial charge < -0.3 is 15.0 Å². The molecule has 3 rings (SSSR count). The van der Waals surface area contributed by atoms with Gasteiger partial charge in [-0.15, -0.1) is 0 Å². The lowest BCUT2D eigenvalue weighted by Gasteiger charge is -2.41. The monoisotopic (exact) mass is 334 g/mol. The minimum atomic E-state index is -0.638. The number of carbonyl (C=O) groups is 1. The average Bonchev–Trinajstić information content (AvgIpc) is 2.62. The number of halogens is 1. The molecule has 132 valence electrons. The maximum atomic E-state index is 13.3. The molecule has 0 bridgehead atoms. The summed E-state index contributed by atoms with van der Waals surface area (Å²) >= 11 is 0. The van der Waals surface area contributed by atoms with E-state index in [9.17, 15) is 9.18 Å². The highest BCUT2D eigenvalue weighted by Crippen LogP contribution is 2.29. The van der Waals surface area contributed by atoms with Crippen LogP contribution in [0.15, 0.2) is 24.3 Å². The first kappa shape index (κ1) is 17.4. The van der Waals surface area contributed by atoms with E-state index in [1.165, 1.54) is 6.07 Å². The Hall–Kier alpha value is -1.46. The van der Waals surface area contributed by atoms with E-state index < -0.39 is 5.60 Å². The Bertz CT molecular complexity index is 564. The lowest BCUT2D eigenvalue weighted by Crippen LogP contribution is -2.56. The number of likely N-dealkylation sites (tertiary alicyclic amines) is 1. The quantitative estimate of drug-likeness (QED) is 0.919. The number of hydrogen-bond acceptors (Lipinski definition) is 3. The molecule has 24 heavy (non-hydrogen) atoms. The van der Waals surface area contributed by atoms with Crippen LogP contribution < -0.4 is 5.32 Å². The second-order valence-electron chi connectivity index (χ2n) is 7.02. The van der Waals surface area contributed by atoms with E-state index in [2.05, 4.69) is 5.32 Å². The van der Waals surface area contributed by atoms with Crippen molar-refractivity contribution < 1.29 is 13.9 Å². The summed E-state index contributed by atoms with van der Waals surface area (Å²) in [4.78, 5) is 14.9. The van der Waals surface area contributed by atoms with Gasteiger partial charge in [-0.25, -0.2) is 4.39 Å². The molecule has 2 fully saturated rings. The van der Waals surface area contributed by atoms with Crippen LogP contribution in [0.3, 0.4) is 0 Å². The van der Waals surface area contributed by atoms with Crippen LogP contribution in [0.4, 0.5) is 4.39 Å². The number of ether oxygens (including phenoxy) is 1. The van der Waals surface area contributed by atoms with Gasteiger partial charge in [-0.1, -0.05) is 12.1 Å². The first-order valence-electron chi connectivity index (χ1n) is 8.93. The number of hydrogen-bond donors (Lipinski definition) is 1. The van der Waals surface area contributed by atoms with Crippen molar-refractivity contribution in [3.8, 4) is 0 Å². The molecule has 1 aromatic carbocycles. The molecule has 1 aromatic rings. The van der Waals surface area contributed by atoms with Gasteiger partial charge in [-0.2, -0.15) is 0 Å². The highest BCUT2D eigenvalue weighted by molar-refractivity contribution is 5.85. The average molecular weight is 334 g/mol. The lowest BCUT2D eigenvalue weighted by molar-refractivity contribution is -0.159. The van der Waals surface area contributed by atoms with Gasteiger partial charge in [0.15, 0.2) is 0 Å². The molecule has 2 saturated heterocycles. The summed E-state index contributed by atoms with van der Waals surface area (Å²) in [6.45, 7) is 3.21. The van der Waals surface area contributed by atoms with Crippen molar-refractivity contribution in [1.82, 2.24) is 10.2 Å². The zero-order chi connectivity index (χ0) is 17.0. The van der Waals surface area contributed by atoms with Crippen LogP contribution >= 0.6 is 0 Å². The summed E-state index contributed by atoms with van der Waals surface area (Å²) in [5.41, 5.74) is 0.409. The third-order valence-electron chi connectivity index (χ3n) is 5.51. The van der Waals surface area contributed by atoms with E-state index >= 15 is 0 Å². The van der Waals surface area contributed by atoms with Gasteiger partial charge in [0.2, 0.25) is 0 Å². The van der Waals surface area contributed by atoms with Gasteiger partial charge in [0.25, 0.3) is 5.91 Å². The van der Waals surface area contributed by atoms with E-state index in [4.69, 9.17) is 4.74 Å². The van der Waals surface area contributed by atoms with Gasteiger partial charge in [-0.3, -0.25) is 4.79 Å². The van der Waals surface area contributed by atoms with Crippen LogP contribution in [-0.2, 0) is 16.0 Å². The smallest absolute Gasteiger partial charge is 0.254 e. The third kappa shape index (κ3) is 3.78. The molecule has 4 nitrogen and oxygen atoms in total. The number of rotatable bonds is 4. The zero-order valence-electron chi connectivity index (χ0n) is 14.4. The Morgan fingerprint density at radius 1 is 1.33 bits per heavy atom. The normalized spacial score (nSPS) is 21.7. The predicted molar refractivity (Wildman–Crippen MR) is 91.3 cm³/mol. The van der Waals surface area contributed by atoms with Gasteiger partial charge >= 0.3 is 0 Å². The van der Waals surface area contributed by atoms with Crippen molar-refractivity contribution in [2.45, 2.75) is 37.7 Å². The van der Waals surface area contributed by atoms with Crippen molar-refractivity contribution in [2.75, 3.05) is 33.3 Å². The number of nitrogens with zero attached hydrogens (tertiary/aromatic N) is 1. The second-order valence-corrected chi connectivity index (χ2v) is 7.02. The summed E-state index contributed by atoms with van der Waals surface area (Å²) in [5, 5.41) is 3.29. The van der Waals surface area contributed by atoms with E-state index in [-0.39, 0.29) is 11.7 Å². The van der Waals surface area contributed by atoms with Crippen molar-refractivity contribution in [3.63, 3.8) is 0 Å². The van der Waals surface area contributed by atoms with E-state index in [0.717, 1.165) is 63.8 Å². The van der Waals surface area contributed by atoms with Gasteiger partial charge in [-0.05, 0) is 68.8 Å². The molecule has 1 N–H and O–H groups in total. The number of amides is 1. The molecular formula is C19H27FN2O2. The minimum Gasteiger partial charge on any atom is -0.368 e. The van der Waals surface area contributed by atoms with Crippen LogP contribution in [0.1, 0.15) is 31.2 Å². The zero-order valence-corrected chi connectivity index (χ0v) is 14.4. The summed E-state index contributed by atoms with van der Waals surface area (Å²) in [6.07, 6.45) is 4.32. The molecule has 0 radical (unpaired) electrons. The number of methoxy groups -OCH3 is 1. The fraction of sp³-hybridized carbons (Fsp3) is 0.632. The fourth-order valence-electron chi connectivity index (χ4n) is 3.96. The molecule has 0 saturated carbocycles. The topological polar surface area (TPSA) is 41.6 Å². The Balaban J connectivity index is 1.55.